The number of fused-ring (bicyclic) bond motifs is 2. The van der Waals surface area contributed by atoms with Gasteiger partial charge in [-0.25, -0.2) is 9.97 Å². The minimum Gasteiger partial charge on any atom is -0.473 e. The van der Waals surface area contributed by atoms with Crippen LogP contribution < -0.4 is 4.74 Å². The molecule has 5 aromatic rings. The van der Waals surface area contributed by atoms with Crippen LogP contribution in [0.25, 0.3) is 22.2 Å². The lowest BCUT2D eigenvalue weighted by Crippen LogP contribution is -2.18. The first-order chi connectivity index (χ1) is 17.6. The number of imidazole rings is 1. The Balaban J connectivity index is 1.45. The van der Waals surface area contributed by atoms with Gasteiger partial charge in [0, 0.05) is 28.2 Å². The Morgan fingerprint density at radius 3 is 2.81 bits per heavy atom. The molecule has 1 aliphatic rings. The molecule has 0 amide bonds. The Labute approximate surface area is 216 Å². The number of benzene rings is 2. The summed E-state index contributed by atoms with van der Waals surface area (Å²) in [5, 5.41) is 1.91. The number of nitrogens with zero attached hydrogens (tertiary/aromatic N) is 3. The van der Waals surface area contributed by atoms with Gasteiger partial charge in [-0.1, -0.05) is 67.9 Å². The summed E-state index contributed by atoms with van der Waals surface area (Å²) in [6, 6.07) is 18.6. The van der Waals surface area contributed by atoms with Crippen LogP contribution in [0, 0.1) is 0 Å². The van der Waals surface area contributed by atoms with Crippen molar-refractivity contribution < 1.29 is 4.74 Å². The lowest BCUT2D eigenvalue weighted by molar-refractivity contribution is 0.294. The minimum absolute atomic E-state index is 0.151. The van der Waals surface area contributed by atoms with Crippen molar-refractivity contribution in [2.45, 2.75) is 51.7 Å². The predicted octanol–water partition coefficient (Wildman–Crippen LogP) is 7.71. The van der Waals surface area contributed by atoms with Crippen molar-refractivity contribution in [3.63, 3.8) is 0 Å². The molecule has 0 spiro atoms. The van der Waals surface area contributed by atoms with E-state index in [2.05, 4.69) is 58.8 Å². The summed E-state index contributed by atoms with van der Waals surface area (Å²) < 4.78 is 8.40. The standard InChI is InChI=1S/C30H29ClN4O/c1-19(2)29-30(35(18-34-29)26-13-7-11-21-10-6-12-24(31)28(21)26)23-15-32-25-16-33-27(14-22(23)25)36-17-20-8-4-3-5-9-20/h3-6,8-10,12,14-16,18-19,26,32H,7,11,13,17H2,1-2H3. The monoisotopic (exact) mass is 496 g/mol. The molecule has 1 unspecified atom stereocenters. The summed E-state index contributed by atoms with van der Waals surface area (Å²) in [5.74, 6) is 0.881. The number of nitrogens with one attached hydrogen (secondary N) is 1. The summed E-state index contributed by atoms with van der Waals surface area (Å²) in [4.78, 5) is 12.9. The second-order valence-corrected chi connectivity index (χ2v) is 10.2. The van der Waals surface area contributed by atoms with E-state index in [4.69, 9.17) is 21.3 Å². The number of hydrogen-bond donors (Lipinski definition) is 1. The number of aromatic nitrogens is 4. The van der Waals surface area contributed by atoms with Crippen LogP contribution in [0.3, 0.4) is 0 Å². The average Bonchev–Trinajstić information content (AvgIpc) is 3.52. The van der Waals surface area contributed by atoms with Crippen molar-refractivity contribution in [1.29, 1.82) is 0 Å². The van der Waals surface area contributed by atoms with Crippen LogP contribution in [0.5, 0.6) is 5.88 Å². The molecule has 3 aromatic heterocycles. The Bertz CT molecular complexity index is 1520. The molecule has 0 aliphatic heterocycles. The SMILES string of the molecule is CC(C)c1ncn(C2CCCc3cccc(Cl)c32)c1-c1c[nH]c2cnc(OCc3ccccc3)cc12. The second kappa shape index (κ2) is 9.47. The van der Waals surface area contributed by atoms with E-state index in [0.717, 1.165) is 57.7 Å². The predicted molar refractivity (Wildman–Crippen MR) is 145 cm³/mol. The van der Waals surface area contributed by atoms with E-state index in [1.165, 1.54) is 11.1 Å². The molecule has 2 aromatic carbocycles. The number of aromatic amines is 1. The van der Waals surface area contributed by atoms with E-state index in [9.17, 15) is 0 Å². The molecule has 1 N–H and O–H groups in total. The molecular formula is C30H29ClN4O. The Morgan fingerprint density at radius 2 is 1.97 bits per heavy atom. The van der Waals surface area contributed by atoms with E-state index in [-0.39, 0.29) is 12.0 Å². The van der Waals surface area contributed by atoms with E-state index in [0.29, 0.717) is 12.5 Å². The third kappa shape index (κ3) is 4.07. The molecule has 1 aliphatic carbocycles. The highest BCUT2D eigenvalue weighted by molar-refractivity contribution is 6.31. The van der Waals surface area contributed by atoms with Gasteiger partial charge < -0.3 is 14.3 Å². The zero-order valence-corrected chi connectivity index (χ0v) is 21.3. The van der Waals surface area contributed by atoms with Gasteiger partial charge in [0.15, 0.2) is 0 Å². The molecule has 5 nitrogen and oxygen atoms in total. The fourth-order valence-electron chi connectivity index (χ4n) is 5.40. The van der Waals surface area contributed by atoms with Crippen LogP contribution >= 0.6 is 11.6 Å². The fourth-order valence-corrected chi connectivity index (χ4v) is 5.72. The lowest BCUT2D eigenvalue weighted by Gasteiger charge is -2.29. The Kier molecular flexibility index (Phi) is 6.02. The van der Waals surface area contributed by atoms with Gasteiger partial charge in [-0.3, -0.25) is 0 Å². The van der Waals surface area contributed by atoms with Gasteiger partial charge in [-0.2, -0.15) is 0 Å². The van der Waals surface area contributed by atoms with Gasteiger partial charge in [-0.05, 0) is 47.9 Å². The second-order valence-electron chi connectivity index (χ2n) is 9.81. The topological polar surface area (TPSA) is 55.7 Å². The summed E-state index contributed by atoms with van der Waals surface area (Å²) in [6.45, 7) is 4.87. The van der Waals surface area contributed by atoms with Crippen LogP contribution in [0.1, 0.15) is 61.0 Å². The smallest absolute Gasteiger partial charge is 0.214 e. The number of hydrogen-bond acceptors (Lipinski definition) is 3. The summed E-state index contributed by atoms with van der Waals surface area (Å²) in [5.41, 5.74) is 7.98. The maximum Gasteiger partial charge on any atom is 0.214 e. The van der Waals surface area contributed by atoms with Crippen molar-refractivity contribution in [3.05, 3.63) is 101 Å². The average molecular weight is 497 g/mol. The number of pyridine rings is 1. The number of ether oxygens (including phenoxy) is 1. The first-order valence-electron chi connectivity index (χ1n) is 12.6. The first-order valence-corrected chi connectivity index (χ1v) is 13.0. The zero-order chi connectivity index (χ0) is 24.6. The fraction of sp³-hybridized carbons (Fsp3) is 0.267. The third-order valence-electron chi connectivity index (χ3n) is 7.13. The van der Waals surface area contributed by atoms with E-state index in [1.807, 2.05) is 42.9 Å². The number of aryl methyl sites for hydroxylation is 1. The minimum atomic E-state index is 0.151. The van der Waals surface area contributed by atoms with E-state index >= 15 is 0 Å². The van der Waals surface area contributed by atoms with Crippen molar-refractivity contribution in [1.82, 2.24) is 19.5 Å². The molecule has 0 saturated carbocycles. The summed E-state index contributed by atoms with van der Waals surface area (Å²) in [6.07, 6.45) is 9.15. The molecule has 6 rings (SSSR count). The van der Waals surface area contributed by atoms with Gasteiger partial charge in [0.05, 0.1) is 35.5 Å². The van der Waals surface area contributed by atoms with Crippen LogP contribution in [0.2, 0.25) is 5.02 Å². The van der Waals surface area contributed by atoms with Crippen LogP contribution in [0.15, 0.2) is 73.3 Å². The van der Waals surface area contributed by atoms with Crippen molar-refractivity contribution in [3.8, 4) is 17.1 Å². The molecule has 0 fully saturated rings. The number of halogens is 1. The van der Waals surface area contributed by atoms with Gasteiger partial charge in [0.2, 0.25) is 5.88 Å². The lowest BCUT2D eigenvalue weighted by atomic mass is 9.87. The summed E-state index contributed by atoms with van der Waals surface area (Å²) >= 11 is 6.77. The molecule has 0 saturated heterocycles. The van der Waals surface area contributed by atoms with Gasteiger partial charge >= 0.3 is 0 Å². The molecule has 0 radical (unpaired) electrons. The Hall–Kier alpha value is -3.57. The zero-order valence-electron chi connectivity index (χ0n) is 20.5. The first kappa shape index (κ1) is 22.9. The van der Waals surface area contributed by atoms with E-state index in [1.54, 1.807) is 0 Å². The molecule has 36 heavy (non-hydrogen) atoms. The summed E-state index contributed by atoms with van der Waals surface area (Å²) in [7, 11) is 0. The number of rotatable bonds is 6. The normalized spacial score (nSPS) is 15.4. The maximum atomic E-state index is 6.77. The van der Waals surface area contributed by atoms with Crippen molar-refractivity contribution in [2.75, 3.05) is 0 Å². The third-order valence-corrected chi connectivity index (χ3v) is 7.46. The van der Waals surface area contributed by atoms with Crippen molar-refractivity contribution >= 4 is 22.5 Å². The molecule has 1 atom stereocenters. The molecule has 182 valence electrons. The van der Waals surface area contributed by atoms with Crippen LogP contribution in [-0.4, -0.2) is 19.5 Å². The van der Waals surface area contributed by atoms with Crippen molar-refractivity contribution in [2.24, 2.45) is 0 Å². The number of H-pyrrole nitrogens is 1. The highest BCUT2D eigenvalue weighted by atomic mass is 35.5. The molecule has 0 bridgehead atoms. The van der Waals surface area contributed by atoms with Gasteiger partial charge in [0.1, 0.15) is 6.61 Å². The maximum absolute atomic E-state index is 6.77. The highest BCUT2D eigenvalue weighted by Gasteiger charge is 2.29. The van der Waals surface area contributed by atoms with E-state index < -0.39 is 0 Å². The van der Waals surface area contributed by atoms with Gasteiger partial charge in [-0.15, -0.1) is 0 Å². The highest BCUT2D eigenvalue weighted by Crippen LogP contribution is 2.43. The molecular weight excluding hydrogens is 468 g/mol. The van der Waals surface area contributed by atoms with Gasteiger partial charge in [0.25, 0.3) is 0 Å². The molecule has 6 heteroatoms. The Morgan fingerprint density at radius 1 is 1.11 bits per heavy atom. The quantitative estimate of drug-likeness (QED) is 0.262. The van der Waals surface area contributed by atoms with Crippen LogP contribution in [0.4, 0.5) is 0 Å². The molecule has 3 heterocycles. The van der Waals surface area contributed by atoms with Crippen LogP contribution in [-0.2, 0) is 13.0 Å². The largest absolute Gasteiger partial charge is 0.473 e.